The second kappa shape index (κ2) is 4.97. The van der Waals surface area contributed by atoms with E-state index in [0.29, 0.717) is 12.8 Å². The Hall–Kier alpha value is -0.860. The van der Waals surface area contributed by atoms with E-state index >= 15 is 0 Å². The summed E-state index contributed by atoms with van der Waals surface area (Å²) in [7, 11) is 1.47. The Morgan fingerprint density at radius 1 is 1.60 bits per heavy atom. The molecule has 58 valence electrons. The predicted molar refractivity (Wildman–Crippen MR) is 40.0 cm³/mol. The van der Waals surface area contributed by atoms with E-state index in [4.69, 9.17) is 0 Å². The molecule has 0 radical (unpaired) electrons. The zero-order valence-corrected chi connectivity index (χ0v) is 6.68. The lowest BCUT2D eigenvalue weighted by atomic mass is 10.2. The molecule has 0 atom stereocenters. The maximum Gasteiger partial charge on any atom is 0.138 e. The van der Waals surface area contributed by atoms with Gasteiger partial charge in [-0.25, -0.2) is 0 Å². The molecule has 0 aromatic carbocycles. The fraction of sp³-hybridized carbons (Fsp3) is 0.714. The largest absolute Gasteiger partial charge is 0.399 e. The zero-order valence-electron chi connectivity index (χ0n) is 6.68. The summed E-state index contributed by atoms with van der Waals surface area (Å²) in [4.78, 5) is 15.2. The maximum absolute atomic E-state index is 10.8. The van der Waals surface area contributed by atoms with Crippen molar-refractivity contribution in [2.24, 2.45) is 5.16 Å². The predicted octanol–water partition coefficient (Wildman–Crippen LogP) is 1.38. The van der Waals surface area contributed by atoms with Crippen LogP contribution in [0.4, 0.5) is 0 Å². The summed E-state index contributed by atoms with van der Waals surface area (Å²) in [5.41, 5.74) is 0.731. The van der Waals surface area contributed by atoms with Crippen LogP contribution in [-0.2, 0) is 9.63 Å². The van der Waals surface area contributed by atoms with Gasteiger partial charge >= 0.3 is 0 Å². The van der Waals surface area contributed by atoms with Crippen molar-refractivity contribution in [2.45, 2.75) is 26.7 Å². The molecular weight excluding hydrogens is 130 g/mol. The highest BCUT2D eigenvalue weighted by Gasteiger charge is 1.99. The van der Waals surface area contributed by atoms with Gasteiger partial charge in [0, 0.05) is 12.8 Å². The fourth-order valence-electron chi connectivity index (χ4n) is 0.598. The first kappa shape index (κ1) is 9.14. The van der Waals surface area contributed by atoms with Crippen molar-refractivity contribution in [3.05, 3.63) is 0 Å². The van der Waals surface area contributed by atoms with Crippen LogP contribution in [0.25, 0.3) is 0 Å². The van der Waals surface area contributed by atoms with Crippen molar-refractivity contribution in [3.8, 4) is 0 Å². The first-order valence-electron chi connectivity index (χ1n) is 3.29. The van der Waals surface area contributed by atoms with E-state index in [9.17, 15) is 4.79 Å². The number of ketones is 1. The molecule has 0 aromatic heterocycles. The molecule has 0 saturated carbocycles. The average Bonchev–Trinajstić information content (AvgIpc) is 1.88. The minimum absolute atomic E-state index is 0.193. The zero-order chi connectivity index (χ0) is 7.98. The molecule has 10 heavy (non-hydrogen) atoms. The van der Waals surface area contributed by atoms with Crippen LogP contribution in [0.1, 0.15) is 26.7 Å². The Balaban J connectivity index is 3.67. The number of rotatable bonds is 4. The molecule has 0 spiro atoms. The number of Topliss-reactive ketones (excluding diaryl/α,β-unsaturated/α-hetero) is 1. The number of hydrogen-bond acceptors (Lipinski definition) is 3. The van der Waals surface area contributed by atoms with Crippen LogP contribution in [0.15, 0.2) is 5.16 Å². The van der Waals surface area contributed by atoms with Crippen LogP contribution in [0.3, 0.4) is 0 Å². The lowest BCUT2D eigenvalue weighted by Gasteiger charge is -1.95. The lowest BCUT2D eigenvalue weighted by Crippen LogP contribution is -2.02. The van der Waals surface area contributed by atoms with Crippen molar-refractivity contribution in [3.63, 3.8) is 0 Å². The minimum Gasteiger partial charge on any atom is -0.399 e. The third-order valence-corrected chi connectivity index (χ3v) is 1.09. The molecule has 0 aliphatic heterocycles. The molecule has 3 heteroatoms. The molecule has 0 aromatic rings. The third kappa shape index (κ3) is 4.06. The summed E-state index contributed by atoms with van der Waals surface area (Å²) in [6, 6.07) is 0. The number of nitrogens with zero attached hydrogens (tertiary/aromatic N) is 1. The molecule has 0 rings (SSSR count). The van der Waals surface area contributed by atoms with Gasteiger partial charge in [0.25, 0.3) is 0 Å². The average molecular weight is 143 g/mol. The first-order valence-corrected chi connectivity index (χ1v) is 3.29. The number of carbonyl (C=O) groups is 1. The highest BCUT2D eigenvalue weighted by atomic mass is 16.6. The fourth-order valence-corrected chi connectivity index (χ4v) is 0.598. The second-order valence-electron chi connectivity index (χ2n) is 2.08. The summed E-state index contributed by atoms with van der Waals surface area (Å²) >= 11 is 0. The van der Waals surface area contributed by atoms with Crippen molar-refractivity contribution < 1.29 is 9.63 Å². The molecule has 0 heterocycles. The van der Waals surface area contributed by atoms with E-state index in [1.54, 1.807) is 6.92 Å². The normalized spacial score (nSPS) is 11.3. The molecule has 0 saturated heterocycles. The monoisotopic (exact) mass is 143 g/mol. The van der Waals surface area contributed by atoms with Crippen molar-refractivity contribution in [2.75, 3.05) is 7.11 Å². The summed E-state index contributed by atoms with van der Waals surface area (Å²) in [5, 5.41) is 3.61. The van der Waals surface area contributed by atoms with E-state index in [-0.39, 0.29) is 5.78 Å². The molecule has 0 N–H and O–H groups in total. The Bertz CT molecular complexity index is 141. The Labute approximate surface area is 61.1 Å². The van der Waals surface area contributed by atoms with E-state index in [1.807, 2.05) is 6.92 Å². The summed E-state index contributed by atoms with van der Waals surface area (Å²) in [5.74, 6) is 0.193. The van der Waals surface area contributed by atoms with Gasteiger partial charge in [0.15, 0.2) is 0 Å². The topological polar surface area (TPSA) is 38.7 Å². The van der Waals surface area contributed by atoms with Gasteiger partial charge in [0.1, 0.15) is 12.9 Å². The molecule has 0 fully saturated rings. The summed E-state index contributed by atoms with van der Waals surface area (Å²) < 4.78 is 0. The van der Waals surface area contributed by atoms with Gasteiger partial charge in [-0.1, -0.05) is 12.1 Å². The second-order valence-corrected chi connectivity index (χ2v) is 2.08. The molecule has 0 aliphatic rings. The van der Waals surface area contributed by atoms with Crippen LogP contribution in [0, 0.1) is 0 Å². The van der Waals surface area contributed by atoms with Gasteiger partial charge < -0.3 is 4.84 Å². The summed E-state index contributed by atoms with van der Waals surface area (Å²) in [6.45, 7) is 3.61. The molecule has 3 nitrogen and oxygen atoms in total. The molecule has 0 amide bonds. The van der Waals surface area contributed by atoms with Gasteiger partial charge in [0.05, 0.1) is 5.71 Å². The van der Waals surface area contributed by atoms with Crippen LogP contribution in [-0.4, -0.2) is 18.6 Å². The highest BCUT2D eigenvalue weighted by molar-refractivity contribution is 6.00. The SMILES string of the molecule is CCC(=O)CC(C)=NOC. The molecular formula is C7H13NO2. The molecule has 0 bridgehead atoms. The van der Waals surface area contributed by atoms with Gasteiger partial charge in [-0.05, 0) is 6.92 Å². The Morgan fingerprint density at radius 3 is 2.60 bits per heavy atom. The van der Waals surface area contributed by atoms with Crippen molar-refractivity contribution in [1.82, 2.24) is 0 Å². The Kier molecular flexibility index (Phi) is 4.54. The van der Waals surface area contributed by atoms with Crippen LogP contribution in [0.5, 0.6) is 0 Å². The maximum atomic E-state index is 10.8. The van der Waals surface area contributed by atoms with Gasteiger partial charge in [-0.15, -0.1) is 0 Å². The molecule has 0 unspecified atom stereocenters. The van der Waals surface area contributed by atoms with Crippen molar-refractivity contribution >= 4 is 11.5 Å². The number of carbonyl (C=O) groups excluding carboxylic acids is 1. The van der Waals surface area contributed by atoms with Crippen LogP contribution in [0.2, 0.25) is 0 Å². The van der Waals surface area contributed by atoms with Gasteiger partial charge in [-0.2, -0.15) is 0 Å². The number of oxime groups is 1. The Morgan fingerprint density at radius 2 is 2.20 bits per heavy atom. The van der Waals surface area contributed by atoms with E-state index in [2.05, 4.69) is 9.99 Å². The van der Waals surface area contributed by atoms with Crippen LogP contribution >= 0.6 is 0 Å². The van der Waals surface area contributed by atoms with Crippen LogP contribution < -0.4 is 0 Å². The van der Waals surface area contributed by atoms with E-state index in [1.165, 1.54) is 7.11 Å². The lowest BCUT2D eigenvalue weighted by molar-refractivity contribution is -0.117. The standard InChI is InChI=1S/C7H13NO2/c1-4-7(9)5-6(2)8-10-3/h4-5H2,1-3H3. The van der Waals surface area contributed by atoms with Gasteiger partial charge in [-0.3, -0.25) is 4.79 Å². The van der Waals surface area contributed by atoms with E-state index < -0.39 is 0 Å². The molecule has 0 aliphatic carbocycles. The van der Waals surface area contributed by atoms with Gasteiger partial charge in [0.2, 0.25) is 0 Å². The quantitative estimate of drug-likeness (QED) is 0.440. The number of hydrogen-bond donors (Lipinski definition) is 0. The summed E-state index contributed by atoms with van der Waals surface area (Å²) in [6.07, 6.45) is 0.973. The first-order chi connectivity index (χ1) is 4.70. The third-order valence-electron chi connectivity index (χ3n) is 1.09. The van der Waals surface area contributed by atoms with E-state index in [0.717, 1.165) is 5.71 Å². The smallest absolute Gasteiger partial charge is 0.138 e. The minimum atomic E-state index is 0.193. The van der Waals surface area contributed by atoms with Crippen molar-refractivity contribution in [1.29, 1.82) is 0 Å². The highest BCUT2D eigenvalue weighted by Crippen LogP contribution is 1.92.